The fraction of sp³-hybridized carbons (Fsp3) is 0.469. The number of carboxylic acid groups (broad SMARTS) is 1. The van der Waals surface area contributed by atoms with Gasteiger partial charge in [-0.25, -0.2) is 4.79 Å². The second-order valence-corrected chi connectivity index (χ2v) is 10.5. The van der Waals surface area contributed by atoms with Crippen LogP contribution in [0.25, 0.3) is 11.1 Å². The largest absolute Gasteiger partial charge is 0.477 e. The average molecular weight is 645 g/mol. The minimum absolute atomic E-state index is 0.0280. The van der Waals surface area contributed by atoms with E-state index in [2.05, 4.69) is 16.6 Å². The quantitative estimate of drug-likeness (QED) is 0.0755. The number of ether oxygens (including phenoxy) is 4. The molecule has 1 fully saturated rings. The van der Waals surface area contributed by atoms with Gasteiger partial charge in [-0.1, -0.05) is 60.5 Å². The number of carboxylic acids is 1. The molecule has 1 saturated heterocycles. The number of hydrogen-bond donors (Lipinski definition) is 7. The minimum atomic E-state index is -2.50. The number of terminal acetylenes is 1. The summed E-state index contributed by atoms with van der Waals surface area (Å²) in [6, 6.07) is 15.6. The summed E-state index contributed by atoms with van der Waals surface area (Å²) < 4.78 is 21.5. The monoisotopic (exact) mass is 644 g/mol. The van der Waals surface area contributed by atoms with Crippen LogP contribution < -0.4 is 10.6 Å². The molecule has 0 radical (unpaired) electrons. The molecule has 1 aliphatic heterocycles. The van der Waals surface area contributed by atoms with Crippen LogP contribution in [0.2, 0.25) is 0 Å². The van der Waals surface area contributed by atoms with Crippen molar-refractivity contribution in [2.45, 2.75) is 49.1 Å². The van der Waals surface area contributed by atoms with E-state index in [9.17, 15) is 39.9 Å². The van der Waals surface area contributed by atoms with Gasteiger partial charge in [-0.15, -0.1) is 6.42 Å². The lowest BCUT2D eigenvalue weighted by atomic mass is 9.88. The first-order chi connectivity index (χ1) is 22.1. The first-order valence-electron chi connectivity index (χ1n) is 14.6. The molecule has 250 valence electrons. The third-order valence-electron chi connectivity index (χ3n) is 7.16. The molecule has 0 bridgehead atoms. The van der Waals surface area contributed by atoms with Crippen molar-refractivity contribution in [3.63, 3.8) is 0 Å². The molecule has 7 N–H and O–H groups in total. The van der Waals surface area contributed by atoms with Gasteiger partial charge in [-0.3, -0.25) is 9.59 Å². The third kappa shape index (κ3) is 10.6. The van der Waals surface area contributed by atoms with Crippen molar-refractivity contribution in [2.75, 3.05) is 46.2 Å². The average Bonchev–Trinajstić information content (AvgIpc) is 3.06. The first-order valence-corrected chi connectivity index (χ1v) is 14.6. The fourth-order valence-electron chi connectivity index (χ4n) is 4.82. The predicted molar refractivity (Wildman–Crippen MR) is 162 cm³/mol. The number of aliphatic hydroxyl groups is 4. The van der Waals surface area contributed by atoms with Crippen molar-refractivity contribution in [3.05, 3.63) is 60.2 Å². The molecule has 0 spiro atoms. The normalized spacial score (nSPS) is 22.3. The molecular weight excluding hydrogens is 604 g/mol. The van der Waals surface area contributed by atoms with E-state index in [4.69, 9.17) is 25.4 Å². The van der Waals surface area contributed by atoms with Gasteiger partial charge in [0.1, 0.15) is 25.4 Å². The standard InChI is InChI=1S/C32H40N2O12/c1-2-12-43-13-14-44-15-16-45-32(31(41)42)18-24(36)28(34-27(39)20-35)30(46-32)29(40)25(37)19-33-26(38)17-21-8-10-23(11-9-21)22-6-4-3-5-7-22/h1,3-11,24-25,28-30,35-37,40H,12-20H2,(H,33,38)(H,34,39)(H,41,42)/t24-,25+,28+,29+,30+,32?/m0/s1. The van der Waals surface area contributed by atoms with Crippen LogP contribution in [0, 0.1) is 12.3 Å². The Morgan fingerprint density at radius 3 is 2.28 bits per heavy atom. The summed E-state index contributed by atoms with van der Waals surface area (Å²) in [4.78, 5) is 36.9. The van der Waals surface area contributed by atoms with Gasteiger partial charge in [0.15, 0.2) is 0 Å². The van der Waals surface area contributed by atoms with Gasteiger partial charge in [0.2, 0.25) is 11.8 Å². The fourth-order valence-corrected chi connectivity index (χ4v) is 4.82. The summed E-state index contributed by atoms with van der Waals surface area (Å²) in [7, 11) is 0. The highest BCUT2D eigenvalue weighted by Crippen LogP contribution is 2.33. The maximum Gasteiger partial charge on any atom is 0.364 e. The molecule has 6 atom stereocenters. The van der Waals surface area contributed by atoms with Crippen LogP contribution in [0.5, 0.6) is 0 Å². The van der Waals surface area contributed by atoms with Gasteiger partial charge in [0.05, 0.1) is 51.1 Å². The van der Waals surface area contributed by atoms with Crippen molar-refractivity contribution in [3.8, 4) is 23.5 Å². The number of benzene rings is 2. The smallest absolute Gasteiger partial charge is 0.364 e. The Kier molecular flexibility index (Phi) is 14.5. The van der Waals surface area contributed by atoms with E-state index in [1.54, 1.807) is 12.1 Å². The van der Waals surface area contributed by atoms with Crippen LogP contribution in [0.4, 0.5) is 0 Å². The summed E-state index contributed by atoms with van der Waals surface area (Å²) in [6.45, 7) is -1.41. The van der Waals surface area contributed by atoms with E-state index in [-0.39, 0.29) is 39.5 Å². The molecule has 2 amide bonds. The highest BCUT2D eigenvalue weighted by Gasteiger charge is 2.55. The van der Waals surface area contributed by atoms with Gasteiger partial charge in [-0.05, 0) is 16.7 Å². The Bertz CT molecular complexity index is 1300. The number of amides is 2. The number of aliphatic carboxylic acids is 1. The van der Waals surface area contributed by atoms with Crippen molar-refractivity contribution < 1.29 is 58.9 Å². The summed E-state index contributed by atoms with van der Waals surface area (Å²) in [5.74, 6) is -3.26. The molecule has 2 aromatic rings. The maximum atomic E-state index is 12.6. The Morgan fingerprint density at radius 2 is 1.63 bits per heavy atom. The number of aliphatic hydroxyl groups excluding tert-OH is 4. The Balaban J connectivity index is 1.62. The molecule has 1 aliphatic rings. The molecule has 14 heteroatoms. The van der Waals surface area contributed by atoms with Crippen molar-refractivity contribution >= 4 is 17.8 Å². The second-order valence-electron chi connectivity index (χ2n) is 10.5. The van der Waals surface area contributed by atoms with E-state index in [1.807, 2.05) is 42.5 Å². The molecule has 1 unspecified atom stereocenters. The van der Waals surface area contributed by atoms with E-state index in [1.165, 1.54) is 0 Å². The van der Waals surface area contributed by atoms with Gasteiger partial charge < -0.3 is 55.1 Å². The maximum absolute atomic E-state index is 12.6. The molecular formula is C32H40N2O12. The number of carbonyl (C=O) groups is 3. The SMILES string of the molecule is C#CCOCCOCCOC1(C(=O)O)C[C@H](O)[C@@H](NC(=O)CO)[C@H]([C@H](O)[C@H](O)CNC(=O)Cc2ccc(-c3ccccc3)cc2)O1. The third-order valence-corrected chi connectivity index (χ3v) is 7.16. The number of rotatable bonds is 18. The Labute approximate surface area is 266 Å². The van der Waals surface area contributed by atoms with Crippen molar-refractivity contribution in [1.82, 2.24) is 10.6 Å². The van der Waals surface area contributed by atoms with Gasteiger partial charge >= 0.3 is 5.97 Å². The molecule has 46 heavy (non-hydrogen) atoms. The summed E-state index contributed by atoms with van der Waals surface area (Å²) in [5, 5.41) is 56.6. The van der Waals surface area contributed by atoms with Crippen LogP contribution in [0.1, 0.15) is 12.0 Å². The van der Waals surface area contributed by atoms with Crippen LogP contribution in [0.15, 0.2) is 54.6 Å². The van der Waals surface area contributed by atoms with E-state index < -0.39 is 73.6 Å². The highest BCUT2D eigenvalue weighted by atomic mass is 16.7. The molecule has 0 aliphatic carbocycles. The van der Waals surface area contributed by atoms with Crippen LogP contribution >= 0.6 is 0 Å². The lowest BCUT2D eigenvalue weighted by molar-refractivity contribution is -0.312. The Morgan fingerprint density at radius 1 is 0.978 bits per heavy atom. The zero-order chi connectivity index (χ0) is 33.5. The summed E-state index contributed by atoms with van der Waals surface area (Å²) in [5.41, 5.74) is 2.69. The van der Waals surface area contributed by atoms with Gasteiger partial charge in [0.25, 0.3) is 5.79 Å². The van der Waals surface area contributed by atoms with E-state index in [0.29, 0.717) is 5.56 Å². The van der Waals surface area contributed by atoms with Crippen LogP contribution in [0.3, 0.4) is 0 Å². The van der Waals surface area contributed by atoms with E-state index in [0.717, 1.165) is 11.1 Å². The number of hydrogen-bond acceptors (Lipinski definition) is 11. The number of carbonyl (C=O) groups excluding carboxylic acids is 2. The summed E-state index contributed by atoms with van der Waals surface area (Å²) >= 11 is 0. The molecule has 0 aromatic heterocycles. The van der Waals surface area contributed by atoms with Gasteiger partial charge in [0, 0.05) is 13.0 Å². The lowest BCUT2D eigenvalue weighted by Crippen LogP contribution is -2.68. The van der Waals surface area contributed by atoms with E-state index >= 15 is 0 Å². The van der Waals surface area contributed by atoms with Crippen LogP contribution in [-0.2, 0) is 39.8 Å². The zero-order valence-electron chi connectivity index (χ0n) is 25.1. The van der Waals surface area contributed by atoms with Crippen LogP contribution in [-0.4, -0.2) is 126 Å². The van der Waals surface area contributed by atoms with Crippen molar-refractivity contribution in [1.29, 1.82) is 0 Å². The Hall–Kier alpha value is -3.91. The highest BCUT2D eigenvalue weighted by molar-refractivity contribution is 5.79. The summed E-state index contributed by atoms with van der Waals surface area (Å²) in [6.07, 6.45) is -2.68. The zero-order valence-corrected chi connectivity index (χ0v) is 25.1. The van der Waals surface area contributed by atoms with Gasteiger partial charge in [-0.2, -0.15) is 0 Å². The molecule has 2 aromatic carbocycles. The number of nitrogens with one attached hydrogen (secondary N) is 2. The second kappa shape index (κ2) is 18.3. The predicted octanol–water partition coefficient (Wildman–Crippen LogP) is -1.18. The molecule has 0 saturated carbocycles. The lowest BCUT2D eigenvalue weighted by Gasteiger charge is -2.46. The van der Waals surface area contributed by atoms with Crippen molar-refractivity contribution in [2.24, 2.45) is 0 Å². The first kappa shape index (κ1) is 36.6. The molecule has 3 rings (SSSR count). The topological polar surface area (TPSA) is 213 Å². The molecule has 14 nitrogen and oxygen atoms in total. The molecule has 1 heterocycles. The minimum Gasteiger partial charge on any atom is -0.477 e.